The van der Waals surface area contributed by atoms with Gasteiger partial charge >= 0.3 is 5.97 Å². The Morgan fingerprint density at radius 1 is 1.25 bits per heavy atom. The van der Waals surface area contributed by atoms with Crippen molar-refractivity contribution >= 4 is 50.6 Å². The van der Waals surface area contributed by atoms with Crippen LogP contribution in [0.4, 0.5) is 10.1 Å². The first kappa shape index (κ1) is 20.1. The van der Waals surface area contributed by atoms with Gasteiger partial charge in [-0.15, -0.1) is 11.3 Å². The highest BCUT2D eigenvalue weighted by Gasteiger charge is 2.24. The molecule has 5 nitrogen and oxygen atoms in total. The predicted molar refractivity (Wildman–Crippen MR) is 108 cm³/mol. The van der Waals surface area contributed by atoms with Crippen molar-refractivity contribution in [3.05, 3.63) is 58.2 Å². The minimum Gasteiger partial charge on any atom is -0.492 e. The maximum absolute atomic E-state index is 13.4. The van der Waals surface area contributed by atoms with Gasteiger partial charge in [-0.3, -0.25) is 4.79 Å². The van der Waals surface area contributed by atoms with E-state index < -0.39 is 23.8 Å². The lowest BCUT2D eigenvalue weighted by Gasteiger charge is -2.15. The molecule has 0 saturated carbocycles. The summed E-state index contributed by atoms with van der Waals surface area (Å²) in [5.74, 6) is -1.16. The molecule has 2 aromatic carbocycles. The molecule has 1 atom stereocenters. The van der Waals surface area contributed by atoms with Crippen molar-refractivity contribution in [2.45, 2.75) is 20.0 Å². The molecular formula is C20H17ClFNO4S. The lowest BCUT2D eigenvalue weighted by Crippen LogP contribution is -2.30. The van der Waals surface area contributed by atoms with Gasteiger partial charge in [0.1, 0.15) is 16.4 Å². The summed E-state index contributed by atoms with van der Waals surface area (Å²) >= 11 is 7.24. The Morgan fingerprint density at radius 2 is 2.00 bits per heavy atom. The number of anilines is 1. The van der Waals surface area contributed by atoms with E-state index in [0.29, 0.717) is 28.1 Å². The Bertz CT molecular complexity index is 1040. The van der Waals surface area contributed by atoms with Crippen molar-refractivity contribution in [1.82, 2.24) is 0 Å². The van der Waals surface area contributed by atoms with Gasteiger partial charge in [-0.25, -0.2) is 9.18 Å². The van der Waals surface area contributed by atoms with E-state index in [1.165, 1.54) is 25.1 Å². The Morgan fingerprint density at radius 3 is 2.75 bits per heavy atom. The van der Waals surface area contributed by atoms with Crippen molar-refractivity contribution in [3.63, 3.8) is 0 Å². The quantitative estimate of drug-likeness (QED) is 0.550. The number of nitrogens with one attached hydrogen (secondary N) is 1. The van der Waals surface area contributed by atoms with Crippen LogP contribution in [-0.2, 0) is 9.53 Å². The highest BCUT2D eigenvalue weighted by Crippen LogP contribution is 2.36. The zero-order chi connectivity index (χ0) is 20.3. The normalized spacial score (nSPS) is 11.9. The number of ether oxygens (including phenoxy) is 2. The minimum absolute atomic E-state index is 0.122. The molecular weight excluding hydrogens is 405 g/mol. The van der Waals surface area contributed by atoms with Gasteiger partial charge in [-0.2, -0.15) is 0 Å². The number of thiophene rings is 1. The largest absolute Gasteiger partial charge is 0.492 e. The van der Waals surface area contributed by atoms with E-state index in [1.54, 1.807) is 24.3 Å². The van der Waals surface area contributed by atoms with Crippen LogP contribution >= 0.6 is 22.9 Å². The number of carbonyl (C=O) groups is 2. The van der Waals surface area contributed by atoms with Crippen LogP contribution in [0, 0.1) is 5.82 Å². The smallest absolute Gasteiger partial charge is 0.350 e. The lowest BCUT2D eigenvalue weighted by molar-refractivity contribution is -0.123. The number of esters is 1. The third-order valence-corrected chi connectivity index (χ3v) is 5.51. The van der Waals surface area contributed by atoms with Gasteiger partial charge in [-0.05, 0) is 44.2 Å². The number of hydrogen-bond donors (Lipinski definition) is 1. The summed E-state index contributed by atoms with van der Waals surface area (Å²) in [6.45, 7) is 3.74. The molecule has 0 saturated heterocycles. The number of carbonyl (C=O) groups excluding carboxylic acids is 2. The maximum atomic E-state index is 13.4. The average Bonchev–Trinajstić information content (AvgIpc) is 2.99. The zero-order valence-corrected chi connectivity index (χ0v) is 16.7. The van der Waals surface area contributed by atoms with Crippen molar-refractivity contribution < 1.29 is 23.5 Å². The third kappa shape index (κ3) is 4.26. The van der Waals surface area contributed by atoms with Gasteiger partial charge in [0.15, 0.2) is 6.10 Å². The number of rotatable bonds is 6. The Labute approximate surface area is 170 Å². The Hall–Kier alpha value is -2.64. The second-order valence-electron chi connectivity index (χ2n) is 5.85. The van der Waals surface area contributed by atoms with Crippen molar-refractivity contribution in [2.75, 3.05) is 11.9 Å². The van der Waals surface area contributed by atoms with Crippen LogP contribution in [0.1, 0.15) is 23.5 Å². The van der Waals surface area contributed by atoms with E-state index in [1.807, 2.05) is 6.92 Å². The third-order valence-electron chi connectivity index (χ3n) is 3.87. The number of amides is 1. The van der Waals surface area contributed by atoms with Gasteiger partial charge in [0.25, 0.3) is 5.91 Å². The minimum atomic E-state index is -1.07. The molecule has 3 rings (SSSR count). The van der Waals surface area contributed by atoms with Crippen LogP contribution in [-0.4, -0.2) is 24.6 Å². The standard InChI is InChI=1S/C20H17ClFNO4S/c1-3-26-15-7-5-4-6-14(15)23-19(24)11(2)27-20(25)18-17(21)13-9-8-12(22)10-16(13)28-18/h4-11H,3H2,1-2H3,(H,23,24). The first-order valence-corrected chi connectivity index (χ1v) is 9.71. The predicted octanol–water partition coefficient (Wildman–Crippen LogP) is 5.28. The monoisotopic (exact) mass is 421 g/mol. The number of hydrogen-bond acceptors (Lipinski definition) is 5. The summed E-state index contributed by atoms with van der Waals surface area (Å²) in [6, 6.07) is 11.0. The highest BCUT2D eigenvalue weighted by atomic mass is 35.5. The summed E-state index contributed by atoms with van der Waals surface area (Å²) in [5.41, 5.74) is 0.479. The zero-order valence-electron chi connectivity index (χ0n) is 15.1. The van der Waals surface area contributed by atoms with Crippen LogP contribution in [0.3, 0.4) is 0 Å². The SMILES string of the molecule is CCOc1ccccc1NC(=O)C(C)OC(=O)c1sc2cc(F)ccc2c1Cl. The van der Waals surface area contributed by atoms with E-state index in [2.05, 4.69) is 5.32 Å². The second-order valence-corrected chi connectivity index (χ2v) is 7.28. The fourth-order valence-electron chi connectivity index (χ4n) is 2.52. The van der Waals surface area contributed by atoms with Crippen LogP contribution in [0.2, 0.25) is 5.02 Å². The molecule has 0 aliphatic heterocycles. The van der Waals surface area contributed by atoms with Crippen LogP contribution in [0.15, 0.2) is 42.5 Å². The van der Waals surface area contributed by atoms with E-state index in [9.17, 15) is 14.0 Å². The molecule has 28 heavy (non-hydrogen) atoms. The van der Waals surface area contributed by atoms with Crippen LogP contribution in [0.5, 0.6) is 5.75 Å². The topological polar surface area (TPSA) is 64.6 Å². The number of para-hydroxylation sites is 2. The van der Waals surface area contributed by atoms with E-state index in [-0.39, 0.29) is 9.90 Å². The fraction of sp³-hybridized carbons (Fsp3) is 0.200. The first-order valence-electron chi connectivity index (χ1n) is 8.52. The Balaban J connectivity index is 1.72. The van der Waals surface area contributed by atoms with Gasteiger partial charge in [0.2, 0.25) is 0 Å². The first-order chi connectivity index (χ1) is 13.4. The number of fused-ring (bicyclic) bond motifs is 1. The molecule has 146 valence electrons. The lowest BCUT2D eigenvalue weighted by atomic mass is 10.2. The molecule has 0 aliphatic rings. The van der Waals surface area contributed by atoms with Gasteiger partial charge in [-0.1, -0.05) is 23.7 Å². The molecule has 0 bridgehead atoms. The fourth-order valence-corrected chi connectivity index (χ4v) is 3.94. The van der Waals surface area contributed by atoms with E-state index >= 15 is 0 Å². The van der Waals surface area contributed by atoms with Crippen LogP contribution in [0.25, 0.3) is 10.1 Å². The molecule has 0 aliphatic carbocycles. The summed E-state index contributed by atoms with van der Waals surface area (Å²) in [6.07, 6.45) is -1.07. The molecule has 0 fully saturated rings. The van der Waals surface area contributed by atoms with Gasteiger partial charge in [0.05, 0.1) is 17.3 Å². The molecule has 0 radical (unpaired) electrons. The van der Waals surface area contributed by atoms with E-state index in [4.69, 9.17) is 21.1 Å². The van der Waals surface area contributed by atoms with Crippen molar-refractivity contribution in [1.29, 1.82) is 0 Å². The summed E-state index contributed by atoms with van der Waals surface area (Å²) in [7, 11) is 0. The molecule has 3 aromatic rings. The summed E-state index contributed by atoms with van der Waals surface area (Å²) < 4.78 is 24.6. The van der Waals surface area contributed by atoms with Gasteiger partial charge < -0.3 is 14.8 Å². The van der Waals surface area contributed by atoms with Gasteiger partial charge in [0, 0.05) is 10.1 Å². The van der Waals surface area contributed by atoms with E-state index in [0.717, 1.165) is 11.3 Å². The summed E-state index contributed by atoms with van der Waals surface area (Å²) in [5, 5.41) is 3.42. The molecule has 1 amide bonds. The molecule has 8 heteroatoms. The molecule has 1 aromatic heterocycles. The number of halogens is 2. The molecule has 1 N–H and O–H groups in total. The summed E-state index contributed by atoms with van der Waals surface area (Å²) in [4.78, 5) is 25.0. The molecule has 1 unspecified atom stereocenters. The number of benzene rings is 2. The average molecular weight is 422 g/mol. The Kier molecular flexibility index (Phi) is 6.16. The van der Waals surface area contributed by atoms with Crippen molar-refractivity contribution in [2.24, 2.45) is 0 Å². The molecule has 0 spiro atoms. The molecule has 1 heterocycles. The highest BCUT2D eigenvalue weighted by molar-refractivity contribution is 7.21. The maximum Gasteiger partial charge on any atom is 0.350 e. The van der Waals surface area contributed by atoms with Crippen molar-refractivity contribution in [3.8, 4) is 5.75 Å². The van der Waals surface area contributed by atoms with Crippen LogP contribution < -0.4 is 10.1 Å². The second kappa shape index (κ2) is 8.58.